The van der Waals surface area contributed by atoms with Crippen LogP contribution >= 0.6 is 0 Å². The topological polar surface area (TPSA) is 125 Å². The van der Waals surface area contributed by atoms with Crippen molar-refractivity contribution in [1.82, 2.24) is 24.3 Å². The van der Waals surface area contributed by atoms with Crippen molar-refractivity contribution < 1.29 is 18.4 Å². The molecule has 4 aromatic rings. The minimum absolute atomic E-state index is 0.118. The average molecular weight is 484 g/mol. The number of carbonyl (C=O) groups is 1. The molecule has 3 aromatic heterocycles. The number of halogens is 1. The van der Waals surface area contributed by atoms with Gasteiger partial charge in [0.25, 0.3) is 5.56 Å². The van der Waals surface area contributed by atoms with E-state index in [0.29, 0.717) is 30.9 Å². The number of hydrogen-bond donors (Lipinski definition) is 1. The molecule has 10 nitrogen and oxygen atoms in total. The molecule has 0 aliphatic heterocycles. The average Bonchev–Trinajstić information content (AvgIpc) is 3.39. The van der Waals surface area contributed by atoms with E-state index < -0.39 is 23.0 Å². The summed E-state index contributed by atoms with van der Waals surface area (Å²) in [4.78, 5) is 45.0. The first kappa shape index (κ1) is 24.1. The molecule has 184 valence electrons. The second-order valence-electron chi connectivity index (χ2n) is 8.16. The number of rotatable bonds is 9. The highest BCUT2D eigenvalue weighted by molar-refractivity contribution is 5.97. The van der Waals surface area contributed by atoms with Crippen LogP contribution in [0.4, 0.5) is 4.39 Å². The van der Waals surface area contributed by atoms with Gasteiger partial charge in [-0.25, -0.2) is 19.0 Å². The van der Waals surface area contributed by atoms with Gasteiger partial charge in [0.05, 0.1) is 0 Å². The van der Waals surface area contributed by atoms with Crippen molar-refractivity contribution >= 4 is 17.1 Å². The van der Waals surface area contributed by atoms with E-state index in [-0.39, 0.29) is 34.8 Å². The van der Waals surface area contributed by atoms with Crippen molar-refractivity contribution in [2.75, 3.05) is 0 Å². The Kier molecular flexibility index (Phi) is 6.94. The van der Waals surface area contributed by atoms with Crippen molar-refractivity contribution in [3.05, 3.63) is 68.1 Å². The van der Waals surface area contributed by atoms with Crippen molar-refractivity contribution in [3.63, 3.8) is 0 Å². The van der Waals surface area contributed by atoms with Crippen LogP contribution in [0.2, 0.25) is 0 Å². The van der Waals surface area contributed by atoms with Crippen LogP contribution in [0.25, 0.3) is 22.4 Å². The highest BCUT2D eigenvalue weighted by atomic mass is 19.1. The molecule has 0 bridgehead atoms. The largest absolute Gasteiger partial charge is 0.454 e. The predicted octanol–water partition coefficient (Wildman–Crippen LogP) is 3.56. The number of imidazole rings is 1. The van der Waals surface area contributed by atoms with Crippen LogP contribution in [0.3, 0.4) is 0 Å². The zero-order chi connectivity index (χ0) is 25.1. The summed E-state index contributed by atoms with van der Waals surface area (Å²) in [6.07, 6.45) is 2.30. The molecule has 0 saturated carbocycles. The monoisotopic (exact) mass is 483 g/mol. The number of aromatic nitrogens is 5. The van der Waals surface area contributed by atoms with Gasteiger partial charge in [-0.2, -0.15) is 0 Å². The number of esters is 1. The van der Waals surface area contributed by atoms with Crippen LogP contribution in [0, 0.1) is 12.7 Å². The molecule has 3 heterocycles. The minimum Gasteiger partial charge on any atom is -0.454 e. The third-order valence-electron chi connectivity index (χ3n) is 5.66. The minimum atomic E-state index is -0.699. The third kappa shape index (κ3) is 4.66. The smallest absolute Gasteiger partial charge is 0.344 e. The lowest BCUT2D eigenvalue weighted by Crippen LogP contribution is -2.31. The van der Waals surface area contributed by atoms with Gasteiger partial charge in [0, 0.05) is 18.7 Å². The Morgan fingerprint density at radius 2 is 1.86 bits per heavy atom. The molecule has 35 heavy (non-hydrogen) atoms. The number of nitrogens with zero attached hydrogens (tertiary/aromatic N) is 4. The molecule has 0 fully saturated rings. The van der Waals surface area contributed by atoms with Gasteiger partial charge in [-0.3, -0.25) is 14.3 Å². The van der Waals surface area contributed by atoms with Crippen LogP contribution in [-0.2, 0) is 24.4 Å². The summed E-state index contributed by atoms with van der Waals surface area (Å²) >= 11 is 0. The normalized spacial score (nSPS) is 11.3. The van der Waals surface area contributed by atoms with E-state index in [1.807, 2.05) is 13.8 Å². The number of hydrogen-bond acceptors (Lipinski definition) is 7. The summed E-state index contributed by atoms with van der Waals surface area (Å²) < 4.78 is 27.2. The SMILES string of the molecule is CCCCn1c(=O)[nH]c(=O)c2c1nc(COC(=O)c1c(-c3ccc(F)cc3)noc1C)n2CCC. The first-order valence-corrected chi connectivity index (χ1v) is 11.5. The Hall–Kier alpha value is -4.02. The number of H-pyrrole nitrogens is 1. The summed E-state index contributed by atoms with van der Waals surface area (Å²) in [5.41, 5.74) is 0.322. The fraction of sp³-hybridized carbons (Fsp3) is 0.375. The summed E-state index contributed by atoms with van der Waals surface area (Å²) in [6, 6.07) is 5.51. The van der Waals surface area contributed by atoms with Crippen molar-refractivity contribution in [1.29, 1.82) is 0 Å². The molecule has 11 heteroatoms. The molecule has 0 atom stereocenters. The quantitative estimate of drug-likeness (QED) is 0.361. The van der Waals surface area contributed by atoms with Crippen molar-refractivity contribution in [2.45, 2.75) is 59.7 Å². The number of nitrogens with one attached hydrogen (secondary N) is 1. The van der Waals surface area contributed by atoms with Gasteiger partial charge in [-0.15, -0.1) is 0 Å². The molecule has 0 amide bonds. The number of aryl methyl sites for hydroxylation is 3. The summed E-state index contributed by atoms with van der Waals surface area (Å²) in [5.74, 6) is -0.522. The van der Waals surface area contributed by atoms with Crippen LogP contribution < -0.4 is 11.2 Å². The third-order valence-corrected chi connectivity index (χ3v) is 5.66. The number of carbonyl (C=O) groups excluding carboxylic acids is 1. The van der Waals surface area contributed by atoms with Gasteiger partial charge >= 0.3 is 11.7 Å². The van der Waals surface area contributed by atoms with Gasteiger partial charge in [0.1, 0.15) is 35.3 Å². The van der Waals surface area contributed by atoms with E-state index in [1.54, 1.807) is 11.5 Å². The molecule has 1 aromatic carbocycles. The number of aromatic amines is 1. The number of benzene rings is 1. The second kappa shape index (κ2) is 10.1. The lowest BCUT2D eigenvalue weighted by atomic mass is 10.1. The van der Waals surface area contributed by atoms with Gasteiger partial charge in [0.2, 0.25) is 0 Å². The summed E-state index contributed by atoms with van der Waals surface area (Å²) in [7, 11) is 0. The van der Waals surface area contributed by atoms with Gasteiger partial charge in [-0.05, 0) is 44.0 Å². The maximum Gasteiger partial charge on any atom is 0.344 e. The van der Waals surface area contributed by atoms with Crippen molar-refractivity contribution in [2.24, 2.45) is 0 Å². The fourth-order valence-corrected chi connectivity index (χ4v) is 3.94. The Bertz CT molecular complexity index is 1480. The first-order valence-electron chi connectivity index (χ1n) is 11.5. The Labute approximate surface area is 199 Å². The number of fused-ring (bicyclic) bond motifs is 1. The highest BCUT2D eigenvalue weighted by Crippen LogP contribution is 2.26. The zero-order valence-electron chi connectivity index (χ0n) is 19.8. The summed E-state index contributed by atoms with van der Waals surface area (Å²) in [6.45, 7) is 6.15. The lowest BCUT2D eigenvalue weighted by Gasteiger charge is -2.09. The van der Waals surface area contributed by atoms with Crippen molar-refractivity contribution in [3.8, 4) is 11.3 Å². The molecule has 0 aliphatic rings. The molecule has 0 spiro atoms. The lowest BCUT2D eigenvalue weighted by molar-refractivity contribution is 0.0457. The van der Waals surface area contributed by atoms with Gasteiger partial charge in [-0.1, -0.05) is 25.4 Å². The van der Waals surface area contributed by atoms with E-state index in [1.165, 1.54) is 28.8 Å². The molecule has 0 saturated heterocycles. The Morgan fingerprint density at radius 1 is 1.11 bits per heavy atom. The predicted molar refractivity (Wildman–Crippen MR) is 126 cm³/mol. The van der Waals surface area contributed by atoms with E-state index >= 15 is 0 Å². The molecule has 1 N–H and O–H groups in total. The number of unbranched alkanes of at least 4 members (excludes halogenated alkanes) is 1. The molecule has 0 aliphatic carbocycles. The van der Waals surface area contributed by atoms with Crippen LogP contribution in [0.15, 0.2) is 38.4 Å². The maximum absolute atomic E-state index is 13.3. The van der Waals surface area contributed by atoms with E-state index in [0.717, 1.165) is 12.8 Å². The molecule has 0 unspecified atom stereocenters. The molecule has 4 rings (SSSR count). The first-order chi connectivity index (χ1) is 16.8. The fourth-order valence-electron chi connectivity index (χ4n) is 3.94. The summed E-state index contributed by atoms with van der Waals surface area (Å²) in [5, 5.41) is 3.93. The second-order valence-corrected chi connectivity index (χ2v) is 8.16. The number of ether oxygens (including phenoxy) is 1. The Balaban J connectivity index is 1.69. The zero-order valence-corrected chi connectivity index (χ0v) is 19.8. The van der Waals surface area contributed by atoms with E-state index in [4.69, 9.17) is 9.26 Å². The van der Waals surface area contributed by atoms with Gasteiger partial charge in [0.15, 0.2) is 11.2 Å². The van der Waals surface area contributed by atoms with E-state index in [9.17, 15) is 18.8 Å². The van der Waals surface area contributed by atoms with Crippen LogP contribution in [-0.4, -0.2) is 30.2 Å². The van der Waals surface area contributed by atoms with Crippen LogP contribution in [0.5, 0.6) is 0 Å². The molecular formula is C24H26FN5O5. The van der Waals surface area contributed by atoms with E-state index in [2.05, 4.69) is 15.1 Å². The highest BCUT2D eigenvalue weighted by Gasteiger charge is 2.25. The van der Waals surface area contributed by atoms with Crippen LogP contribution in [0.1, 0.15) is 55.1 Å². The maximum atomic E-state index is 13.3. The van der Waals surface area contributed by atoms with Gasteiger partial charge < -0.3 is 13.8 Å². The Morgan fingerprint density at radius 3 is 2.54 bits per heavy atom. The molecule has 0 radical (unpaired) electrons. The standard InChI is InChI=1S/C24H26FN5O5/c1-4-6-12-30-21-20(22(31)27-24(30)33)29(11-5-2)17(26-21)13-34-23(32)18-14(3)35-28-19(18)15-7-9-16(25)10-8-15/h7-10H,4-6,11-13H2,1-3H3,(H,27,31,33). The molecular weight excluding hydrogens is 457 g/mol.